The van der Waals surface area contributed by atoms with Crippen molar-refractivity contribution in [1.29, 1.82) is 0 Å². The maximum atomic E-state index is 12.9. The molecule has 1 amide bonds. The smallest absolute Gasteiger partial charge is 0.410 e. The van der Waals surface area contributed by atoms with Crippen LogP contribution in [0, 0.1) is 0 Å². The summed E-state index contributed by atoms with van der Waals surface area (Å²) >= 11 is 0. The fourth-order valence-electron chi connectivity index (χ4n) is 4.76. The second kappa shape index (κ2) is 9.25. The minimum atomic E-state index is -1.04. The number of hydrogen-bond acceptors (Lipinski definition) is 5. The number of rotatable bonds is 5. The van der Waals surface area contributed by atoms with Gasteiger partial charge >= 0.3 is 6.09 Å². The van der Waals surface area contributed by atoms with Crippen molar-refractivity contribution >= 4 is 6.09 Å². The van der Waals surface area contributed by atoms with E-state index in [0.717, 1.165) is 16.9 Å². The fourth-order valence-corrected chi connectivity index (χ4v) is 4.76. The summed E-state index contributed by atoms with van der Waals surface area (Å²) in [5.74, 6) is 1.47. The molecule has 2 unspecified atom stereocenters. The number of carbonyl (C=O) groups excluding carboxylic acids is 1. The number of nitrogens with zero attached hydrogens (tertiary/aromatic N) is 1. The number of amides is 1. The van der Waals surface area contributed by atoms with Gasteiger partial charge in [-0.15, -0.1) is 0 Å². The van der Waals surface area contributed by atoms with Gasteiger partial charge in [0.15, 0.2) is 0 Å². The van der Waals surface area contributed by atoms with E-state index in [1.165, 1.54) is 0 Å². The molecule has 3 aromatic carbocycles. The average molecular weight is 446 g/mol. The number of para-hydroxylation sites is 1. The molecule has 0 aromatic heterocycles. The van der Waals surface area contributed by atoms with Crippen LogP contribution in [0.5, 0.6) is 11.5 Å². The van der Waals surface area contributed by atoms with E-state index in [-0.39, 0.29) is 24.8 Å². The van der Waals surface area contributed by atoms with Crippen molar-refractivity contribution in [3.63, 3.8) is 0 Å². The molecule has 2 saturated heterocycles. The average Bonchev–Trinajstić information content (AvgIpc) is 2.84. The summed E-state index contributed by atoms with van der Waals surface area (Å²) in [7, 11) is 0. The fraction of sp³-hybridized carbons (Fsp3) is 0.296. The predicted octanol–water partition coefficient (Wildman–Crippen LogP) is 4.87. The van der Waals surface area contributed by atoms with Crippen LogP contribution >= 0.6 is 0 Å². The molecule has 33 heavy (non-hydrogen) atoms. The summed E-state index contributed by atoms with van der Waals surface area (Å²) in [5.41, 5.74) is 0.719. The molecular weight excluding hydrogens is 418 g/mol. The van der Waals surface area contributed by atoms with E-state index in [1.807, 2.05) is 84.9 Å². The lowest BCUT2D eigenvalue weighted by molar-refractivity contribution is -0.136. The van der Waals surface area contributed by atoms with Crippen molar-refractivity contribution in [3.8, 4) is 11.5 Å². The van der Waals surface area contributed by atoms with Crippen LogP contribution in [0.1, 0.15) is 24.0 Å². The molecule has 0 saturated carbocycles. The molecular formula is C27H27NO5. The van der Waals surface area contributed by atoms with Crippen LogP contribution in [0.15, 0.2) is 84.9 Å². The molecule has 2 atom stereocenters. The van der Waals surface area contributed by atoms with Crippen LogP contribution in [0.25, 0.3) is 0 Å². The van der Waals surface area contributed by atoms with Crippen molar-refractivity contribution in [2.75, 3.05) is 13.2 Å². The zero-order valence-electron chi connectivity index (χ0n) is 18.3. The van der Waals surface area contributed by atoms with E-state index in [2.05, 4.69) is 0 Å². The summed E-state index contributed by atoms with van der Waals surface area (Å²) < 4.78 is 17.2. The normalized spacial score (nSPS) is 24.2. The van der Waals surface area contributed by atoms with Gasteiger partial charge in [-0.2, -0.15) is 0 Å². The first-order chi connectivity index (χ1) is 16.1. The van der Waals surface area contributed by atoms with E-state index >= 15 is 0 Å². The molecule has 3 aromatic rings. The zero-order valence-corrected chi connectivity index (χ0v) is 18.3. The first kappa shape index (κ1) is 21.5. The van der Waals surface area contributed by atoms with Crippen LogP contribution in [0.3, 0.4) is 0 Å². The second-order valence-corrected chi connectivity index (χ2v) is 8.67. The molecule has 6 heteroatoms. The summed E-state index contributed by atoms with van der Waals surface area (Å²) in [6, 6.07) is 26.3. The lowest BCUT2D eigenvalue weighted by atomic mass is 9.77. The van der Waals surface area contributed by atoms with Crippen LogP contribution in [0.2, 0.25) is 0 Å². The van der Waals surface area contributed by atoms with Gasteiger partial charge in [0.25, 0.3) is 0 Å². The Kier molecular flexibility index (Phi) is 6.03. The third-order valence-corrected chi connectivity index (χ3v) is 6.34. The van der Waals surface area contributed by atoms with E-state index in [1.54, 1.807) is 4.90 Å². The standard InChI is InChI=1S/C27H27NO5/c29-26(32-17-20-7-3-1-4-8-20)28-22-15-27(30,16-23(28)19-31-18-22)21-11-13-25(14-12-21)33-24-9-5-2-6-10-24/h1-14,22-23,30H,15-19H2. The third kappa shape index (κ3) is 4.72. The van der Waals surface area contributed by atoms with Crippen molar-refractivity contribution < 1.29 is 24.1 Å². The summed E-state index contributed by atoms with van der Waals surface area (Å²) in [6.07, 6.45) is 0.428. The van der Waals surface area contributed by atoms with Crippen molar-refractivity contribution in [3.05, 3.63) is 96.1 Å². The van der Waals surface area contributed by atoms with Crippen LogP contribution in [-0.2, 0) is 21.7 Å². The lowest BCUT2D eigenvalue weighted by Gasteiger charge is -2.51. The van der Waals surface area contributed by atoms with E-state index in [0.29, 0.717) is 31.8 Å². The number of piperidine rings is 1. The molecule has 0 spiro atoms. The van der Waals surface area contributed by atoms with E-state index in [9.17, 15) is 9.90 Å². The number of benzene rings is 3. The molecule has 0 radical (unpaired) electrons. The van der Waals surface area contributed by atoms with Gasteiger partial charge in [0.2, 0.25) is 0 Å². The maximum Gasteiger partial charge on any atom is 0.410 e. The Morgan fingerprint density at radius 1 is 0.879 bits per heavy atom. The Morgan fingerprint density at radius 3 is 2.09 bits per heavy atom. The Labute approximate surface area is 193 Å². The van der Waals surface area contributed by atoms with Gasteiger partial charge in [0, 0.05) is 12.8 Å². The van der Waals surface area contributed by atoms with Crippen LogP contribution in [0.4, 0.5) is 4.79 Å². The van der Waals surface area contributed by atoms with Gasteiger partial charge in [0.05, 0.1) is 30.9 Å². The quantitative estimate of drug-likeness (QED) is 0.607. The molecule has 0 aliphatic carbocycles. The van der Waals surface area contributed by atoms with Gasteiger partial charge in [0.1, 0.15) is 18.1 Å². The molecule has 2 fully saturated rings. The van der Waals surface area contributed by atoms with Gasteiger partial charge in [-0.3, -0.25) is 4.90 Å². The largest absolute Gasteiger partial charge is 0.457 e. The Hall–Kier alpha value is -3.35. The summed E-state index contributed by atoms with van der Waals surface area (Å²) in [6.45, 7) is 0.993. The number of ether oxygens (including phenoxy) is 3. The summed E-state index contributed by atoms with van der Waals surface area (Å²) in [5, 5.41) is 11.6. The topological polar surface area (TPSA) is 68.2 Å². The highest BCUT2D eigenvalue weighted by Crippen LogP contribution is 2.42. The molecule has 1 N–H and O–H groups in total. The van der Waals surface area contributed by atoms with Crippen molar-refractivity contribution in [2.45, 2.75) is 37.1 Å². The molecule has 2 aliphatic heterocycles. The highest BCUT2D eigenvalue weighted by atomic mass is 16.6. The van der Waals surface area contributed by atoms with E-state index < -0.39 is 5.60 Å². The highest BCUT2D eigenvalue weighted by molar-refractivity contribution is 5.69. The highest BCUT2D eigenvalue weighted by Gasteiger charge is 2.49. The van der Waals surface area contributed by atoms with Crippen molar-refractivity contribution in [2.24, 2.45) is 0 Å². The Morgan fingerprint density at radius 2 is 1.45 bits per heavy atom. The number of hydrogen-bond donors (Lipinski definition) is 1. The minimum absolute atomic E-state index is 0.226. The lowest BCUT2D eigenvalue weighted by Crippen LogP contribution is -2.62. The van der Waals surface area contributed by atoms with Gasteiger partial charge in [-0.1, -0.05) is 60.7 Å². The maximum absolute atomic E-state index is 12.9. The second-order valence-electron chi connectivity index (χ2n) is 8.67. The first-order valence-electron chi connectivity index (χ1n) is 11.2. The zero-order chi connectivity index (χ0) is 22.7. The molecule has 5 rings (SSSR count). The molecule has 2 bridgehead atoms. The van der Waals surface area contributed by atoms with Gasteiger partial charge < -0.3 is 19.3 Å². The first-order valence-corrected chi connectivity index (χ1v) is 11.2. The van der Waals surface area contributed by atoms with Crippen LogP contribution < -0.4 is 4.74 Å². The van der Waals surface area contributed by atoms with Crippen molar-refractivity contribution in [1.82, 2.24) is 4.90 Å². The minimum Gasteiger partial charge on any atom is -0.457 e. The Bertz CT molecular complexity index is 1060. The summed E-state index contributed by atoms with van der Waals surface area (Å²) in [4.78, 5) is 14.7. The molecule has 6 nitrogen and oxygen atoms in total. The number of carbonyl (C=O) groups is 1. The van der Waals surface area contributed by atoms with Crippen LogP contribution in [-0.4, -0.2) is 41.4 Å². The monoisotopic (exact) mass is 445 g/mol. The van der Waals surface area contributed by atoms with E-state index in [4.69, 9.17) is 14.2 Å². The number of aliphatic hydroxyl groups is 1. The van der Waals surface area contributed by atoms with Gasteiger partial charge in [-0.25, -0.2) is 4.79 Å². The Balaban J connectivity index is 1.27. The predicted molar refractivity (Wildman–Crippen MR) is 123 cm³/mol. The SMILES string of the molecule is O=C(OCc1ccccc1)N1C2COCC1CC(O)(c1ccc(Oc3ccccc3)cc1)C2. The molecule has 2 heterocycles. The number of fused-ring (bicyclic) bond motifs is 2. The molecule has 2 aliphatic rings. The third-order valence-electron chi connectivity index (χ3n) is 6.34. The number of morpholine rings is 1. The molecule has 170 valence electrons. The van der Waals surface area contributed by atoms with Gasteiger partial charge in [-0.05, 0) is 35.4 Å².